The highest BCUT2D eigenvalue weighted by Crippen LogP contribution is 2.13. The molecule has 1 rings (SSSR count). The number of benzene rings is 1. The molecule has 1 atom stereocenters. The van der Waals surface area contributed by atoms with Gasteiger partial charge in [0.15, 0.2) is 0 Å². The van der Waals surface area contributed by atoms with Crippen molar-refractivity contribution >= 4 is 21.3 Å². The van der Waals surface area contributed by atoms with E-state index >= 15 is 0 Å². The van der Waals surface area contributed by atoms with E-state index in [1.54, 1.807) is 17.6 Å². The van der Waals surface area contributed by atoms with Crippen molar-refractivity contribution in [2.45, 2.75) is 0 Å². The predicted octanol–water partition coefficient (Wildman–Crippen LogP) is 1.38. The molecule has 0 saturated heterocycles. The second-order valence-electron chi connectivity index (χ2n) is 2.79. The molecule has 66 valence electrons. The number of rotatable bonds is 2. The van der Waals surface area contributed by atoms with Crippen molar-refractivity contribution in [1.82, 2.24) is 0 Å². The van der Waals surface area contributed by atoms with Gasteiger partial charge in [-0.1, -0.05) is 18.2 Å². The number of nitrogens with zero attached hydrogens (tertiary/aromatic N) is 1. The molecule has 0 aliphatic carbocycles. The van der Waals surface area contributed by atoms with Crippen molar-refractivity contribution < 1.29 is 4.21 Å². The van der Waals surface area contributed by atoms with Gasteiger partial charge in [0.05, 0.1) is 0 Å². The first kappa shape index (κ1) is 9.13. The van der Waals surface area contributed by atoms with Crippen LogP contribution in [0.2, 0.25) is 0 Å². The first-order valence-electron chi connectivity index (χ1n) is 3.63. The Kier molecular flexibility index (Phi) is 2.43. The Morgan fingerprint density at radius 1 is 1.33 bits per heavy atom. The summed E-state index contributed by atoms with van der Waals surface area (Å²) in [5.41, 5.74) is 0.931. The van der Waals surface area contributed by atoms with Crippen LogP contribution in [0, 0.1) is 0 Å². The molecule has 0 spiro atoms. The lowest BCUT2D eigenvalue weighted by Crippen LogP contribution is -2.24. The fourth-order valence-electron chi connectivity index (χ4n) is 0.861. The third kappa shape index (κ3) is 2.01. The summed E-state index contributed by atoms with van der Waals surface area (Å²) in [5.74, 6) is 3.60. The van der Waals surface area contributed by atoms with Crippen LogP contribution in [0.3, 0.4) is 0 Å². The molecule has 0 aliphatic rings. The van der Waals surface area contributed by atoms with Gasteiger partial charge in [-0.2, -0.15) is 0 Å². The van der Waals surface area contributed by atoms with Crippen LogP contribution in [-0.2, 0) is 9.71 Å². The van der Waals surface area contributed by atoms with Crippen LogP contribution in [0.25, 0.3) is 0 Å². The van der Waals surface area contributed by atoms with Crippen LogP contribution < -0.4 is 4.31 Å². The molecule has 0 aromatic heterocycles. The van der Waals surface area contributed by atoms with E-state index < -0.39 is 9.71 Å². The van der Waals surface area contributed by atoms with Crippen molar-refractivity contribution in [3.8, 4) is 0 Å². The highest BCUT2D eigenvalue weighted by Gasteiger charge is 2.04. The molecule has 0 bridgehead atoms. The maximum Gasteiger partial charge on any atom is 0.0483 e. The van der Waals surface area contributed by atoms with Crippen LogP contribution in [0.1, 0.15) is 0 Å². The van der Waals surface area contributed by atoms with Gasteiger partial charge in [-0.15, -0.1) is 0 Å². The highest BCUT2D eigenvalue weighted by atomic mass is 32.2. The van der Waals surface area contributed by atoms with Gasteiger partial charge in [0.2, 0.25) is 0 Å². The molecular formula is C9H13NOS. The molecule has 1 aromatic carbocycles. The monoisotopic (exact) mass is 183 g/mol. The van der Waals surface area contributed by atoms with Crippen LogP contribution >= 0.6 is 0 Å². The maximum atomic E-state index is 11.5. The van der Waals surface area contributed by atoms with Crippen LogP contribution in [0.4, 0.5) is 5.69 Å². The fraction of sp³-hybridized carbons (Fsp3) is 0.222. The van der Waals surface area contributed by atoms with Crippen molar-refractivity contribution in [3.63, 3.8) is 0 Å². The topological polar surface area (TPSA) is 20.3 Å². The third-order valence-corrected chi connectivity index (χ3v) is 3.07. The minimum absolute atomic E-state index is 0.931. The van der Waals surface area contributed by atoms with E-state index in [1.807, 2.05) is 30.3 Å². The minimum Gasteiger partial charge on any atom is -0.303 e. The van der Waals surface area contributed by atoms with Gasteiger partial charge >= 0.3 is 0 Å². The zero-order valence-electron chi connectivity index (χ0n) is 7.36. The summed E-state index contributed by atoms with van der Waals surface area (Å²) >= 11 is 0. The minimum atomic E-state index is -2.12. The van der Waals surface area contributed by atoms with Gasteiger partial charge < -0.3 is 4.31 Å². The molecule has 1 aromatic rings. The van der Waals surface area contributed by atoms with Crippen LogP contribution in [0.15, 0.2) is 30.3 Å². The molecule has 0 heterocycles. The molecule has 0 aliphatic heterocycles. The number of hydrogen-bond acceptors (Lipinski definition) is 1. The average molecular weight is 183 g/mol. The quantitative estimate of drug-likeness (QED) is 0.634. The lowest BCUT2D eigenvalue weighted by Gasteiger charge is -2.20. The Morgan fingerprint density at radius 3 is 2.25 bits per heavy atom. The van der Waals surface area contributed by atoms with Crippen molar-refractivity contribution in [2.24, 2.45) is 0 Å². The first-order valence-corrected chi connectivity index (χ1v) is 5.72. The third-order valence-electron chi connectivity index (χ3n) is 1.70. The lowest BCUT2D eigenvalue weighted by molar-refractivity contribution is 0.684. The zero-order chi connectivity index (χ0) is 9.19. The molecule has 2 nitrogen and oxygen atoms in total. The molecule has 0 radical (unpaired) electrons. The molecule has 0 saturated carbocycles. The molecule has 3 heteroatoms. The summed E-state index contributed by atoms with van der Waals surface area (Å²) in [4.78, 5) is 0. The molecule has 0 amide bonds. The van der Waals surface area contributed by atoms with Crippen molar-refractivity contribution in [1.29, 1.82) is 0 Å². The second kappa shape index (κ2) is 3.19. The first-order chi connectivity index (χ1) is 5.52. The lowest BCUT2D eigenvalue weighted by atomic mass is 10.3. The summed E-state index contributed by atoms with van der Waals surface area (Å²) < 4.78 is 13.2. The van der Waals surface area contributed by atoms with Gasteiger partial charge in [-0.3, -0.25) is 0 Å². The largest absolute Gasteiger partial charge is 0.303 e. The van der Waals surface area contributed by atoms with Crippen LogP contribution in [-0.4, -0.2) is 23.4 Å². The standard InChI is InChI=1S/C9H13NOS/c1-10(12(2,3)11)9-7-5-4-6-8-9/h4-8H,2H2,1,3H3. The Labute approximate surface area is 74.0 Å². The Balaban J connectivity index is 3.02. The van der Waals surface area contributed by atoms with E-state index in [0.717, 1.165) is 5.69 Å². The zero-order valence-corrected chi connectivity index (χ0v) is 8.17. The normalized spacial score (nSPS) is 15.2. The van der Waals surface area contributed by atoms with Gasteiger partial charge in [0.1, 0.15) is 0 Å². The second-order valence-corrected chi connectivity index (χ2v) is 5.26. The molecule has 0 N–H and O–H groups in total. The molecule has 1 unspecified atom stereocenters. The van der Waals surface area contributed by atoms with Gasteiger partial charge in [0, 0.05) is 28.7 Å². The summed E-state index contributed by atoms with van der Waals surface area (Å²) in [7, 11) is -0.340. The van der Waals surface area contributed by atoms with E-state index in [4.69, 9.17) is 0 Å². The summed E-state index contributed by atoms with van der Waals surface area (Å²) in [6.07, 6.45) is 1.62. The smallest absolute Gasteiger partial charge is 0.0483 e. The van der Waals surface area contributed by atoms with Gasteiger partial charge in [-0.25, -0.2) is 4.21 Å². The van der Waals surface area contributed by atoms with E-state index in [1.165, 1.54) is 0 Å². The van der Waals surface area contributed by atoms with Crippen LogP contribution in [0.5, 0.6) is 0 Å². The summed E-state index contributed by atoms with van der Waals surface area (Å²) in [5, 5.41) is 0. The SMILES string of the molecule is C=S(C)(=O)N(C)c1ccccc1. The molecule has 0 fully saturated rings. The van der Waals surface area contributed by atoms with E-state index in [2.05, 4.69) is 5.87 Å². The number of hydrogen-bond donors (Lipinski definition) is 0. The number of para-hydroxylation sites is 1. The van der Waals surface area contributed by atoms with E-state index in [9.17, 15) is 4.21 Å². The average Bonchev–Trinajstić information content (AvgIpc) is 2.03. The van der Waals surface area contributed by atoms with E-state index in [-0.39, 0.29) is 0 Å². The van der Waals surface area contributed by atoms with Crippen molar-refractivity contribution in [2.75, 3.05) is 17.6 Å². The molecular weight excluding hydrogens is 170 g/mol. The summed E-state index contributed by atoms with van der Waals surface area (Å²) in [6.45, 7) is 0. The van der Waals surface area contributed by atoms with Crippen molar-refractivity contribution in [3.05, 3.63) is 30.3 Å². The van der Waals surface area contributed by atoms with E-state index in [0.29, 0.717) is 0 Å². The van der Waals surface area contributed by atoms with Gasteiger partial charge in [-0.05, 0) is 18.0 Å². The maximum absolute atomic E-state index is 11.5. The van der Waals surface area contributed by atoms with Gasteiger partial charge in [0.25, 0.3) is 0 Å². The summed E-state index contributed by atoms with van der Waals surface area (Å²) in [6, 6.07) is 9.58. The predicted molar refractivity (Wildman–Crippen MR) is 56.0 cm³/mol. The Bertz CT molecular complexity index is 342. The molecule has 12 heavy (non-hydrogen) atoms. The Morgan fingerprint density at radius 2 is 1.83 bits per heavy atom. The number of anilines is 1. The fourth-order valence-corrected chi connectivity index (χ4v) is 1.43. The Hall–Kier alpha value is -0.960. The highest BCUT2D eigenvalue weighted by molar-refractivity contribution is 8.00.